The molecule has 0 aliphatic rings. The van der Waals surface area contributed by atoms with Gasteiger partial charge in [-0.3, -0.25) is 9.67 Å². The number of aryl methyl sites for hydroxylation is 3. The summed E-state index contributed by atoms with van der Waals surface area (Å²) >= 11 is 6.07. The van der Waals surface area contributed by atoms with E-state index in [1.165, 1.54) is 0 Å². The Morgan fingerprint density at radius 3 is 2.71 bits per heavy atom. The van der Waals surface area contributed by atoms with Crippen LogP contribution in [0.5, 0.6) is 5.75 Å². The van der Waals surface area contributed by atoms with Gasteiger partial charge in [0.15, 0.2) is 5.96 Å². The maximum atomic E-state index is 6.07. The number of rotatable bonds is 6. The second-order valence-corrected chi connectivity index (χ2v) is 5.65. The molecule has 0 aliphatic carbocycles. The first-order valence-corrected chi connectivity index (χ1v) is 7.79. The molecule has 1 heterocycles. The van der Waals surface area contributed by atoms with Crippen molar-refractivity contribution in [3.8, 4) is 5.75 Å². The number of guanidine groups is 1. The Morgan fingerprint density at radius 2 is 2.12 bits per heavy atom. The van der Waals surface area contributed by atoms with Gasteiger partial charge in [0.1, 0.15) is 5.75 Å². The molecule has 6 nitrogen and oxygen atoms in total. The molecule has 1 aromatic heterocycles. The molecule has 0 saturated carbocycles. The number of hydrogen-bond acceptors (Lipinski definition) is 3. The summed E-state index contributed by atoms with van der Waals surface area (Å²) in [4.78, 5) is 4.31. The summed E-state index contributed by atoms with van der Waals surface area (Å²) in [5, 5.41) is 7.95. The van der Waals surface area contributed by atoms with Gasteiger partial charge in [-0.2, -0.15) is 5.10 Å². The molecular formula is C16H23ClIN5O. The van der Waals surface area contributed by atoms with Crippen LogP contribution in [0.25, 0.3) is 0 Å². The molecule has 0 fully saturated rings. The van der Waals surface area contributed by atoms with Crippen molar-refractivity contribution in [2.45, 2.75) is 26.8 Å². The molecule has 0 amide bonds. The van der Waals surface area contributed by atoms with E-state index in [1.807, 2.05) is 24.6 Å². The van der Waals surface area contributed by atoms with Crippen LogP contribution >= 0.6 is 35.6 Å². The molecule has 0 aliphatic heterocycles. The van der Waals surface area contributed by atoms with Crippen LogP contribution in [0.1, 0.15) is 17.8 Å². The van der Waals surface area contributed by atoms with Crippen LogP contribution in [0.3, 0.4) is 0 Å². The van der Waals surface area contributed by atoms with Gasteiger partial charge in [0.25, 0.3) is 0 Å². The number of nitrogens with one attached hydrogen (secondary N) is 1. The van der Waals surface area contributed by atoms with E-state index >= 15 is 0 Å². The molecule has 3 N–H and O–H groups in total. The van der Waals surface area contributed by atoms with Gasteiger partial charge in [-0.25, -0.2) is 0 Å². The number of halogens is 2. The maximum Gasteiger partial charge on any atom is 0.193 e. The van der Waals surface area contributed by atoms with Crippen LogP contribution in [0.15, 0.2) is 29.3 Å². The summed E-state index contributed by atoms with van der Waals surface area (Å²) in [6, 6.07) is 7.43. The number of aromatic nitrogens is 2. The van der Waals surface area contributed by atoms with Crippen molar-refractivity contribution in [1.82, 2.24) is 9.78 Å². The number of methoxy groups -OCH3 is 1. The van der Waals surface area contributed by atoms with Crippen LogP contribution < -0.4 is 15.8 Å². The van der Waals surface area contributed by atoms with Crippen molar-refractivity contribution in [1.29, 1.82) is 0 Å². The topological polar surface area (TPSA) is 77.5 Å². The van der Waals surface area contributed by atoms with E-state index < -0.39 is 0 Å². The van der Waals surface area contributed by atoms with Crippen molar-refractivity contribution in [3.05, 3.63) is 40.7 Å². The monoisotopic (exact) mass is 463 g/mol. The number of ether oxygens (including phenoxy) is 1. The zero-order valence-electron chi connectivity index (χ0n) is 14.0. The highest BCUT2D eigenvalue weighted by molar-refractivity contribution is 14.0. The Labute approximate surface area is 164 Å². The lowest BCUT2D eigenvalue weighted by molar-refractivity contribution is 0.415. The molecule has 0 saturated heterocycles. The minimum Gasteiger partial charge on any atom is -0.495 e. The van der Waals surface area contributed by atoms with Crippen LogP contribution in [-0.2, 0) is 6.54 Å². The van der Waals surface area contributed by atoms with Gasteiger partial charge < -0.3 is 15.8 Å². The van der Waals surface area contributed by atoms with Crippen molar-refractivity contribution in [2.75, 3.05) is 19.0 Å². The number of nitrogens with two attached hydrogens (primary N) is 1. The van der Waals surface area contributed by atoms with E-state index in [0.29, 0.717) is 23.3 Å². The van der Waals surface area contributed by atoms with Crippen molar-refractivity contribution >= 4 is 47.2 Å². The Hall–Kier alpha value is -1.48. The molecule has 8 heteroatoms. The van der Waals surface area contributed by atoms with E-state index in [9.17, 15) is 0 Å². The molecule has 0 unspecified atom stereocenters. The average Bonchev–Trinajstić information content (AvgIpc) is 2.82. The highest BCUT2D eigenvalue weighted by Crippen LogP contribution is 2.26. The third kappa shape index (κ3) is 5.86. The first-order chi connectivity index (χ1) is 11.0. The van der Waals surface area contributed by atoms with Gasteiger partial charge in [0.05, 0.1) is 17.8 Å². The third-order valence-corrected chi connectivity index (χ3v) is 3.63. The minimum atomic E-state index is 0. The molecule has 2 rings (SSSR count). The van der Waals surface area contributed by atoms with Gasteiger partial charge in [0.2, 0.25) is 0 Å². The Kier molecular flexibility index (Phi) is 8.34. The Morgan fingerprint density at radius 1 is 1.38 bits per heavy atom. The van der Waals surface area contributed by atoms with Crippen LogP contribution in [-0.4, -0.2) is 29.4 Å². The number of aliphatic imine (C=N–C) groups is 1. The maximum absolute atomic E-state index is 6.07. The minimum absolute atomic E-state index is 0. The zero-order valence-corrected chi connectivity index (χ0v) is 17.1. The SMILES string of the molecule is COc1ccc(NC(N)=NCCCn2nc(C)cc2C)cc1Cl.I. The fourth-order valence-corrected chi connectivity index (χ4v) is 2.51. The first kappa shape index (κ1) is 20.6. The van der Waals surface area contributed by atoms with Gasteiger partial charge in [-0.15, -0.1) is 24.0 Å². The highest BCUT2D eigenvalue weighted by atomic mass is 127. The standard InChI is InChI=1S/C16H22ClN5O.HI/c1-11-9-12(2)22(21-11)8-4-7-19-16(18)20-13-5-6-15(23-3)14(17)10-13;/h5-6,9-10H,4,7-8H2,1-3H3,(H3,18,19,20);1H. The second kappa shape index (κ2) is 9.73. The predicted molar refractivity (Wildman–Crippen MR) is 110 cm³/mol. The lowest BCUT2D eigenvalue weighted by atomic mass is 10.3. The molecule has 0 spiro atoms. The summed E-state index contributed by atoms with van der Waals surface area (Å²) in [6.45, 7) is 5.49. The third-order valence-electron chi connectivity index (χ3n) is 3.34. The van der Waals surface area contributed by atoms with Gasteiger partial charge in [-0.1, -0.05) is 11.6 Å². The first-order valence-electron chi connectivity index (χ1n) is 7.41. The molecule has 2 aromatic rings. The average molecular weight is 464 g/mol. The summed E-state index contributed by atoms with van der Waals surface area (Å²) in [5.41, 5.74) is 8.84. The molecular weight excluding hydrogens is 441 g/mol. The van der Waals surface area contributed by atoms with Crippen LogP contribution in [0.2, 0.25) is 5.02 Å². The molecule has 132 valence electrons. The lowest BCUT2D eigenvalue weighted by Gasteiger charge is -2.08. The molecule has 0 bridgehead atoms. The van der Waals surface area contributed by atoms with Crippen molar-refractivity contribution in [3.63, 3.8) is 0 Å². The predicted octanol–water partition coefficient (Wildman–Crippen LogP) is 3.60. The van der Waals surface area contributed by atoms with E-state index in [4.69, 9.17) is 22.1 Å². The normalized spacial score (nSPS) is 11.1. The number of nitrogens with zero attached hydrogens (tertiary/aromatic N) is 3. The van der Waals surface area contributed by atoms with Crippen LogP contribution in [0.4, 0.5) is 5.69 Å². The lowest BCUT2D eigenvalue weighted by Crippen LogP contribution is -2.23. The Bertz CT molecular complexity index is 702. The molecule has 24 heavy (non-hydrogen) atoms. The smallest absolute Gasteiger partial charge is 0.193 e. The van der Waals surface area contributed by atoms with Gasteiger partial charge in [0, 0.05) is 24.5 Å². The molecule has 1 aromatic carbocycles. The molecule has 0 atom stereocenters. The largest absolute Gasteiger partial charge is 0.495 e. The van der Waals surface area contributed by atoms with Gasteiger partial charge in [-0.05, 0) is 44.5 Å². The van der Waals surface area contributed by atoms with E-state index in [2.05, 4.69) is 21.5 Å². The summed E-state index contributed by atoms with van der Waals surface area (Å²) in [6.07, 6.45) is 0.869. The van der Waals surface area contributed by atoms with Crippen molar-refractivity contribution in [2.24, 2.45) is 10.7 Å². The van der Waals surface area contributed by atoms with Crippen LogP contribution in [0, 0.1) is 13.8 Å². The fraction of sp³-hybridized carbons (Fsp3) is 0.375. The number of benzene rings is 1. The summed E-state index contributed by atoms with van der Waals surface area (Å²) in [7, 11) is 1.58. The summed E-state index contributed by atoms with van der Waals surface area (Å²) < 4.78 is 7.09. The second-order valence-electron chi connectivity index (χ2n) is 5.25. The fourth-order valence-electron chi connectivity index (χ4n) is 2.25. The summed E-state index contributed by atoms with van der Waals surface area (Å²) in [5.74, 6) is 0.984. The highest BCUT2D eigenvalue weighted by Gasteiger charge is 2.03. The quantitative estimate of drug-likeness (QED) is 0.297. The van der Waals surface area contributed by atoms with E-state index in [1.54, 1.807) is 19.2 Å². The Balaban J connectivity index is 0.00000288. The van der Waals surface area contributed by atoms with Crippen molar-refractivity contribution < 1.29 is 4.74 Å². The zero-order chi connectivity index (χ0) is 16.8. The number of anilines is 1. The van der Waals surface area contributed by atoms with Gasteiger partial charge >= 0.3 is 0 Å². The van der Waals surface area contributed by atoms with E-state index in [0.717, 1.165) is 30.0 Å². The van der Waals surface area contributed by atoms with E-state index in [-0.39, 0.29) is 24.0 Å². The number of hydrogen-bond donors (Lipinski definition) is 2. The molecule has 0 radical (unpaired) electrons.